The Labute approximate surface area is 177 Å². The minimum absolute atomic E-state index is 0.268. The number of amides is 1. The molecule has 1 aliphatic heterocycles. The molecule has 1 aromatic heterocycles. The van der Waals surface area contributed by atoms with Gasteiger partial charge in [-0.05, 0) is 38.5 Å². The molecule has 3 aromatic rings. The summed E-state index contributed by atoms with van der Waals surface area (Å²) in [5, 5.41) is 17.2. The minimum atomic E-state index is -0.764. The van der Waals surface area contributed by atoms with Crippen LogP contribution in [0.2, 0.25) is 5.02 Å². The van der Waals surface area contributed by atoms with Crippen LogP contribution in [0.5, 0.6) is 0 Å². The first-order valence-electron chi connectivity index (χ1n) is 9.01. The lowest BCUT2D eigenvalue weighted by atomic mass is 10.1. The normalized spacial score (nSPS) is 16.7. The zero-order chi connectivity index (χ0) is 20.5. The van der Waals surface area contributed by atoms with Crippen molar-refractivity contribution in [3.8, 4) is 11.3 Å². The Morgan fingerprint density at radius 3 is 2.62 bits per heavy atom. The molecule has 0 fully saturated rings. The Morgan fingerprint density at radius 1 is 1.10 bits per heavy atom. The van der Waals surface area contributed by atoms with Gasteiger partial charge >= 0.3 is 0 Å². The van der Waals surface area contributed by atoms with E-state index in [0.717, 1.165) is 16.8 Å². The number of aromatic nitrogens is 1. The summed E-state index contributed by atoms with van der Waals surface area (Å²) < 4.78 is 0. The highest BCUT2D eigenvalue weighted by atomic mass is 35.5. The number of hydrogen-bond donors (Lipinski definition) is 0. The van der Waals surface area contributed by atoms with E-state index in [1.54, 1.807) is 19.1 Å². The summed E-state index contributed by atoms with van der Waals surface area (Å²) in [6, 6.07) is 12.7. The highest BCUT2D eigenvalue weighted by Gasteiger charge is 2.36. The summed E-state index contributed by atoms with van der Waals surface area (Å²) in [7, 11) is 0. The van der Waals surface area contributed by atoms with Gasteiger partial charge in [0.05, 0.1) is 17.1 Å². The van der Waals surface area contributed by atoms with E-state index in [4.69, 9.17) is 11.6 Å². The number of halogens is 1. The maximum atomic E-state index is 12.9. The number of thiazole rings is 1. The van der Waals surface area contributed by atoms with Crippen LogP contribution in [0.1, 0.15) is 18.1 Å². The molecule has 0 N–H and O–H groups in total. The Balaban J connectivity index is 1.56. The molecule has 29 heavy (non-hydrogen) atoms. The summed E-state index contributed by atoms with van der Waals surface area (Å²) >= 11 is 7.49. The minimum Gasteiger partial charge on any atom is -0.269 e. The monoisotopic (exact) mass is 423 g/mol. The Bertz CT molecular complexity index is 1140. The third-order valence-electron chi connectivity index (χ3n) is 4.64. The van der Waals surface area contributed by atoms with Gasteiger partial charge in [-0.3, -0.25) is 4.79 Å². The fourth-order valence-corrected chi connectivity index (χ4v) is 3.83. The Morgan fingerprint density at radius 2 is 1.86 bits per heavy atom. The van der Waals surface area contributed by atoms with Crippen LogP contribution in [0.3, 0.4) is 0 Å². The average Bonchev–Trinajstić information content (AvgIpc) is 3.29. The van der Waals surface area contributed by atoms with Crippen molar-refractivity contribution in [2.75, 3.05) is 5.01 Å². The first-order valence-corrected chi connectivity index (χ1v) is 10.3. The number of rotatable bonds is 4. The van der Waals surface area contributed by atoms with E-state index in [1.165, 1.54) is 21.9 Å². The highest BCUT2D eigenvalue weighted by molar-refractivity contribution is 7.14. The molecule has 2 aromatic carbocycles. The van der Waals surface area contributed by atoms with E-state index in [-0.39, 0.29) is 5.91 Å². The quantitative estimate of drug-likeness (QED) is 0.486. The summed E-state index contributed by atoms with van der Waals surface area (Å²) in [6.45, 7) is 5.67. The van der Waals surface area contributed by atoms with E-state index in [9.17, 15) is 4.79 Å². The van der Waals surface area contributed by atoms with Crippen LogP contribution < -0.4 is 5.01 Å². The van der Waals surface area contributed by atoms with Gasteiger partial charge in [0, 0.05) is 16.0 Å². The molecule has 0 radical (unpaired) electrons. The van der Waals surface area contributed by atoms with Crippen molar-refractivity contribution in [1.29, 1.82) is 0 Å². The maximum absolute atomic E-state index is 12.9. The number of hydrazone groups is 1. The van der Waals surface area contributed by atoms with Crippen molar-refractivity contribution in [3.63, 3.8) is 0 Å². The van der Waals surface area contributed by atoms with Crippen molar-refractivity contribution >= 4 is 45.4 Å². The standard InChI is InChI=1S/C21H18ClN5OS/c1-12-7-9-15(10-8-12)18-11-29-21(23-18)27-20(28)19(14(3)26-27)25-24-17-6-4-5-16(22)13(17)2/h4-11,19H,1-3H3/t19-/m0/s1. The Hall–Kier alpha value is -2.90. The van der Waals surface area contributed by atoms with Gasteiger partial charge in [-0.15, -0.1) is 11.3 Å². The SMILES string of the molecule is CC1=NN(c2nc(-c3ccc(C)cc3)cs2)C(=O)[C@H]1N=Nc1cccc(Cl)c1C. The second kappa shape index (κ2) is 7.85. The van der Waals surface area contributed by atoms with Gasteiger partial charge in [-0.1, -0.05) is 47.5 Å². The molecular weight excluding hydrogens is 406 g/mol. The van der Waals surface area contributed by atoms with Gasteiger partial charge < -0.3 is 0 Å². The molecule has 1 amide bonds. The zero-order valence-corrected chi connectivity index (χ0v) is 17.7. The number of carbonyl (C=O) groups is 1. The molecule has 6 nitrogen and oxygen atoms in total. The van der Waals surface area contributed by atoms with Crippen LogP contribution in [0, 0.1) is 13.8 Å². The predicted molar refractivity (Wildman–Crippen MR) is 117 cm³/mol. The average molecular weight is 424 g/mol. The molecule has 0 aliphatic carbocycles. The number of anilines is 1. The van der Waals surface area contributed by atoms with Gasteiger partial charge in [0.15, 0.2) is 6.04 Å². The molecule has 0 spiro atoms. The van der Waals surface area contributed by atoms with Crippen molar-refractivity contribution in [1.82, 2.24) is 4.98 Å². The first-order chi connectivity index (χ1) is 13.9. The fourth-order valence-electron chi connectivity index (χ4n) is 2.87. The number of azo groups is 1. The molecule has 0 saturated carbocycles. The summed E-state index contributed by atoms with van der Waals surface area (Å²) in [6.07, 6.45) is 0. The van der Waals surface area contributed by atoms with Crippen molar-refractivity contribution in [2.45, 2.75) is 26.8 Å². The molecule has 1 atom stereocenters. The molecule has 0 bridgehead atoms. The van der Waals surface area contributed by atoms with E-state index < -0.39 is 6.04 Å². The molecule has 146 valence electrons. The molecular formula is C21H18ClN5OS. The second-order valence-electron chi connectivity index (χ2n) is 6.77. The molecule has 8 heteroatoms. The van der Waals surface area contributed by atoms with Crippen molar-refractivity contribution < 1.29 is 4.79 Å². The smallest absolute Gasteiger partial charge is 0.269 e. The van der Waals surface area contributed by atoms with Crippen molar-refractivity contribution in [3.05, 3.63) is 64.0 Å². The van der Waals surface area contributed by atoms with Crippen LogP contribution >= 0.6 is 22.9 Å². The molecule has 1 aliphatic rings. The topological polar surface area (TPSA) is 70.3 Å². The lowest BCUT2D eigenvalue weighted by molar-refractivity contribution is -0.117. The summed E-state index contributed by atoms with van der Waals surface area (Å²) in [4.78, 5) is 17.5. The third-order valence-corrected chi connectivity index (χ3v) is 5.86. The van der Waals surface area contributed by atoms with Crippen LogP contribution in [0.4, 0.5) is 10.8 Å². The summed E-state index contributed by atoms with van der Waals surface area (Å²) in [5.74, 6) is -0.268. The third kappa shape index (κ3) is 3.83. The van der Waals surface area contributed by atoms with Gasteiger partial charge in [-0.25, -0.2) is 4.98 Å². The fraction of sp³-hybridized carbons (Fsp3) is 0.190. The van der Waals surface area contributed by atoms with Crippen LogP contribution in [-0.4, -0.2) is 22.6 Å². The van der Waals surface area contributed by atoms with Crippen LogP contribution in [0.25, 0.3) is 11.3 Å². The van der Waals surface area contributed by atoms with Gasteiger partial charge in [0.25, 0.3) is 5.91 Å². The maximum Gasteiger partial charge on any atom is 0.282 e. The van der Waals surface area contributed by atoms with E-state index >= 15 is 0 Å². The van der Waals surface area contributed by atoms with Crippen LogP contribution in [-0.2, 0) is 4.79 Å². The lowest BCUT2D eigenvalue weighted by Gasteiger charge is -2.08. The molecule has 0 saturated heterocycles. The van der Waals surface area contributed by atoms with Gasteiger partial charge in [0.2, 0.25) is 5.13 Å². The number of carbonyl (C=O) groups excluding carboxylic acids is 1. The molecule has 2 heterocycles. The number of benzene rings is 2. The first kappa shape index (κ1) is 19.4. The molecule has 4 rings (SSSR count). The van der Waals surface area contributed by atoms with Crippen molar-refractivity contribution in [2.24, 2.45) is 15.3 Å². The highest BCUT2D eigenvalue weighted by Crippen LogP contribution is 2.31. The van der Waals surface area contributed by atoms with E-state index in [0.29, 0.717) is 21.6 Å². The number of nitrogens with zero attached hydrogens (tertiary/aromatic N) is 5. The number of aryl methyl sites for hydroxylation is 1. The summed E-state index contributed by atoms with van der Waals surface area (Å²) in [5.41, 5.74) is 5.01. The van der Waals surface area contributed by atoms with Gasteiger partial charge in [-0.2, -0.15) is 20.3 Å². The van der Waals surface area contributed by atoms with Gasteiger partial charge in [0.1, 0.15) is 0 Å². The zero-order valence-electron chi connectivity index (χ0n) is 16.1. The van der Waals surface area contributed by atoms with Crippen LogP contribution in [0.15, 0.2) is 63.2 Å². The van der Waals surface area contributed by atoms with E-state index in [2.05, 4.69) is 20.3 Å². The molecule has 0 unspecified atom stereocenters. The lowest BCUT2D eigenvalue weighted by Crippen LogP contribution is -2.29. The largest absolute Gasteiger partial charge is 0.282 e. The number of hydrogen-bond acceptors (Lipinski definition) is 6. The van der Waals surface area contributed by atoms with E-state index in [1.807, 2.05) is 49.6 Å². The second-order valence-corrected chi connectivity index (χ2v) is 8.02. The predicted octanol–water partition coefficient (Wildman–Crippen LogP) is 5.96. The Kier molecular flexibility index (Phi) is 5.25.